The summed E-state index contributed by atoms with van der Waals surface area (Å²) in [5, 5.41) is 0. The van der Waals surface area contributed by atoms with Gasteiger partial charge in [-0.25, -0.2) is 0 Å². The lowest BCUT2D eigenvalue weighted by molar-refractivity contribution is 0.820. The maximum absolute atomic E-state index is 5.76. The predicted octanol–water partition coefficient (Wildman–Crippen LogP) is 3.75. The minimum Gasteiger partial charge on any atom is -0.399 e. The number of aryl methyl sites for hydroxylation is 3. The van der Waals surface area contributed by atoms with Crippen molar-refractivity contribution < 1.29 is 0 Å². The van der Waals surface area contributed by atoms with E-state index in [1.54, 1.807) is 0 Å². The monoisotopic (exact) mass is 225 g/mol. The lowest BCUT2D eigenvalue weighted by atomic mass is 10.0. The predicted molar refractivity (Wildman–Crippen MR) is 74.1 cm³/mol. The average molecular weight is 225 g/mol. The summed E-state index contributed by atoms with van der Waals surface area (Å²) in [4.78, 5) is 0. The Kier molecular flexibility index (Phi) is 3.81. The van der Waals surface area contributed by atoms with E-state index in [0.717, 1.165) is 18.5 Å². The molecule has 88 valence electrons. The largest absolute Gasteiger partial charge is 0.399 e. The molecule has 1 heteroatoms. The third-order valence-electron chi connectivity index (χ3n) is 2.96. The van der Waals surface area contributed by atoms with Crippen molar-refractivity contribution in [2.24, 2.45) is 0 Å². The van der Waals surface area contributed by atoms with E-state index in [4.69, 9.17) is 5.73 Å². The molecule has 0 aliphatic heterocycles. The number of benzene rings is 2. The maximum Gasteiger partial charge on any atom is 0.0316 e. The average Bonchev–Trinajstić information content (AvgIpc) is 2.29. The van der Waals surface area contributed by atoms with Crippen LogP contribution in [0.15, 0.2) is 48.5 Å². The second kappa shape index (κ2) is 5.53. The highest BCUT2D eigenvalue weighted by molar-refractivity contribution is 5.40. The Bertz CT molecular complexity index is 443. The molecule has 2 N–H and O–H groups in total. The Morgan fingerprint density at radius 3 is 2.18 bits per heavy atom. The highest BCUT2D eigenvalue weighted by Gasteiger charge is 1.96. The smallest absolute Gasteiger partial charge is 0.0316 e. The number of anilines is 1. The molecule has 0 heterocycles. The van der Waals surface area contributed by atoms with Crippen molar-refractivity contribution in [3.8, 4) is 0 Å². The van der Waals surface area contributed by atoms with Crippen molar-refractivity contribution in [1.29, 1.82) is 0 Å². The second-order valence-corrected chi connectivity index (χ2v) is 4.59. The molecule has 0 fully saturated rings. The van der Waals surface area contributed by atoms with Gasteiger partial charge in [0.05, 0.1) is 0 Å². The molecule has 0 amide bonds. The fourth-order valence-corrected chi connectivity index (χ4v) is 2.11. The molecule has 0 atom stereocenters. The molecule has 0 bridgehead atoms. The zero-order chi connectivity index (χ0) is 12.1. The minimum absolute atomic E-state index is 0.859. The molecule has 2 aromatic rings. The summed E-state index contributed by atoms with van der Waals surface area (Å²) >= 11 is 0. The first-order valence-electron chi connectivity index (χ1n) is 6.14. The molecule has 2 rings (SSSR count). The Labute approximate surface area is 103 Å². The molecule has 0 saturated carbocycles. The van der Waals surface area contributed by atoms with Crippen LogP contribution in [0.4, 0.5) is 5.69 Å². The van der Waals surface area contributed by atoms with Crippen LogP contribution < -0.4 is 5.73 Å². The van der Waals surface area contributed by atoms with Gasteiger partial charge >= 0.3 is 0 Å². The van der Waals surface area contributed by atoms with Gasteiger partial charge in [0.15, 0.2) is 0 Å². The van der Waals surface area contributed by atoms with Crippen molar-refractivity contribution >= 4 is 5.69 Å². The Morgan fingerprint density at radius 2 is 1.53 bits per heavy atom. The zero-order valence-corrected chi connectivity index (χ0v) is 10.3. The quantitative estimate of drug-likeness (QED) is 0.788. The van der Waals surface area contributed by atoms with E-state index in [0.29, 0.717) is 0 Å². The Hall–Kier alpha value is -1.76. The van der Waals surface area contributed by atoms with E-state index in [1.807, 2.05) is 12.1 Å². The minimum atomic E-state index is 0.859. The van der Waals surface area contributed by atoms with Crippen molar-refractivity contribution in [2.75, 3.05) is 5.73 Å². The van der Waals surface area contributed by atoms with Crippen LogP contribution in [0.2, 0.25) is 0 Å². The number of hydrogen-bond acceptors (Lipinski definition) is 1. The van der Waals surface area contributed by atoms with E-state index in [9.17, 15) is 0 Å². The number of nitrogen functional groups attached to an aromatic ring is 1. The van der Waals surface area contributed by atoms with Gasteiger partial charge in [0.2, 0.25) is 0 Å². The van der Waals surface area contributed by atoms with Crippen LogP contribution in [-0.2, 0) is 12.8 Å². The molecule has 0 aliphatic rings. The van der Waals surface area contributed by atoms with Crippen LogP contribution >= 0.6 is 0 Å². The van der Waals surface area contributed by atoms with Crippen molar-refractivity contribution in [3.05, 3.63) is 65.2 Å². The van der Waals surface area contributed by atoms with Gasteiger partial charge in [-0.15, -0.1) is 0 Å². The lowest BCUT2D eigenvalue weighted by Crippen LogP contribution is -1.92. The molecule has 0 spiro atoms. The fraction of sp³-hybridized carbons (Fsp3) is 0.250. The van der Waals surface area contributed by atoms with Crippen LogP contribution in [0, 0.1) is 6.92 Å². The third kappa shape index (κ3) is 3.63. The molecule has 17 heavy (non-hydrogen) atoms. The van der Waals surface area contributed by atoms with Gasteiger partial charge in [-0.05, 0) is 49.4 Å². The molecule has 0 radical (unpaired) electrons. The maximum atomic E-state index is 5.76. The van der Waals surface area contributed by atoms with Crippen LogP contribution in [-0.4, -0.2) is 0 Å². The summed E-state index contributed by atoms with van der Waals surface area (Å²) in [6.45, 7) is 2.14. The fourth-order valence-electron chi connectivity index (χ4n) is 2.11. The molecule has 0 aliphatic carbocycles. The molecule has 0 unspecified atom stereocenters. The zero-order valence-electron chi connectivity index (χ0n) is 10.3. The van der Waals surface area contributed by atoms with E-state index in [2.05, 4.69) is 43.3 Å². The van der Waals surface area contributed by atoms with Gasteiger partial charge in [0.25, 0.3) is 0 Å². The highest BCUT2D eigenvalue weighted by Crippen LogP contribution is 2.12. The first kappa shape index (κ1) is 11.7. The van der Waals surface area contributed by atoms with Crippen LogP contribution in [0.1, 0.15) is 23.1 Å². The summed E-state index contributed by atoms with van der Waals surface area (Å²) in [7, 11) is 0. The Morgan fingerprint density at radius 1 is 0.882 bits per heavy atom. The van der Waals surface area contributed by atoms with Gasteiger partial charge < -0.3 is 5.73 Å². The second-order valence-electron chi connectivity index (χ2n) is 4.59. The van der Waals surface area contributed by atoms with Crippen LogP contribution in [0.25, 0.3) is 0 Å². The van der Waals surface area contributed by atoms with Gasteiger partial charge in [0.1, 0.15) is 0 Å². The number of hydrogen-bond donors (Lipinski definition) is 1. The summed E-state index contributed by atoms with van der Waals surface area (Å²) in [6.07, 6.45) is 3.41. The van der Waals surface area contributed by atoms with Crippen molar-refractivity contribution in [2.45, 2.75) is 26.2 Å². The van der Waals surface area contributed by atoms with Crippen LogP contribution in [0.5, 0.6) is 0 Å². The van der Waals surface area contributed by atoms with E-state index in [-0.39, 0.29) is 0 Å². The van der Waals surface area contributed by atoms with Gasteiger partial charge in [-0.2, -0.15) is 0 Å². The lowest BCUT2D eigenvalue weighted by Gasteiger charge is -2.04. The number of rotatable bonds is 4. The topological polar surface area (TPSA) is 26.0 Å². The summed E-state index contributed by atoms with van der Waals surface area (Å²) < 4.78 is 0. The molecular weight excluding hydrogens is 206 g/mol. The highest BCUT2D eigenvalue weighted by atomic mass is 14.5. The summed E-state index contributed by atoms with van der Waals surface area (Å²) in [5.74, 6) is 0. The molecular formula is C16H19N. The van der Waals surface area contributed by atoms with E-state index >= 15 is 0 Å². The van der Waals surface area contributed by atoms with Gasteiger partial charge in [0, 0.05) is 5.69 Å². The molecule has 2 aromatic carbocycles. The van der Waals surface area contributed by atoms with Crippen molar-refractivity contribution in [3.63, 3.8) is 0 Å². The first-order valence-corrected chi connectivity index (χ1v) is 6.14. The first-order chi connectivity index (χ1) is 8.24. The van der Waals surface area contributed by atoms with E-state index in [1.165, 1.54) is 23.1 Å². The molecule has 1 nitrogen and oxygen atoms in total. The summed E-state index contributed by atoms with van der Waals surface area (Å²) in [5.41, 5.74) is 10.7. The molecule has 0 aromatic heterocycles. The normalized spacial score (nSPS) is 10.4. The van der Waals surface area contributed by atoms with Gasteiger partial charge in [-0.1, -0.05) is 42.0 Å². The standard InChI is InChI=1S/C16H19N/c1-13-5-2-6-14(11-13)7-3-8-15-9-4-10-16(17)12-15/h2,4-6,9-12H,3,7-8,17H2,1H3. The summed E-state index contributed by atoms with van der Waals surface area (Å²) in [6, 6.07) is 16.9. The van der Waals surface area contributed by atoms with Crippen LogP contribution in [0.3, 0.4) is 0 Å². The SMILES string of the molecule is Cc1cccc(CCCc2cccc(N)c2)c1. The Balaban J connectivity index is 1.87. The third-order valence-corrected chi connectivity index (χ3v) is 2.96. The van der Waals surface area contributed by atoms with E-state index < -0.39 is 0 Å². The van der Waals surface area contributed by atoms with Crippen molar-refractivity contribution in [1.82, 2.24) is 0 Å². The number of nitrogens with two attached hydrogens (primary N) is 1. The molecule has 0 saturated heterocycles. The van der Waals surface area contributed by atoms with Gasteiger partial charge in [-0.3, -0.25) is 0 Å².